The van der Waals surface area contributed by atoms with Crippen LogP contribution in [0.25, 0.3) is 5.69 Å². The van der Waals surface area contributed by atoms with E-state index in [0.29, 0.717) is 5.56 Å². The van der Waals surface area contributed by atoms with Crippen molar-refractivity contribution in [1.29, 1.82) is 0 Å². The molecule has 0 radical (unpaired) electrons. The zero-order chi connectivity index (χ0) is 12.3. The predicted octanol–water partition coefficient (Wildman–Crippen LogP) is 2.55. The van der Waals surface area contributed by atoms with Crippen LogP contribution in [0.2, 0.25) is 0 Å². The molecule has 5 heteroatoms. The SMILES string of the molecule is COC(=O)c1ccc(-n2ccc(CBr)n2)cc1. The number of ether oxygens (including phenoxy) is 1. The zero-order valence-electron chi connectivity index (χ0n) is 9.26. The van der Waals surface area contributed by atoms with Crippen LogP contribution in [0.15, 0.2) is 36.5 Å². The van der Waals surface area contributed by atoms with Gasteiger partial charge in [0.1, 0.15) is 0 Å². The lowest BCUT2D eigenvalue weighted by atomic mass is 10.2. The topological polar surface area (TPSA) is 44.1 Å². The monoisotopic (exact) mass is 294 g/mol. The molecule has 0 unspecified atom stereocenters. The van der Waals surface area contributed by atoms with Gasteiger partial charge in [-0.1, -0.05) is 15.9 Å². The Bertz CT molecular complexity index is 520. The second kappa shape index (κ2) is 5.14. The lowest BCUT2D eigenvalue weighted by Crippen LogP contribution is -2.02. The summed E-state index contributed by atoms with van der Waals surface area (Å²) in [6, 6.07) is 9.03. The van der Waals surface area contributed by atoms with Crippen LogP contribution in [0.5, 0.6) is 0 Å². The maximum absolute atomic E-state index is 11.3. The molecule has 0 atom stereocenters. The van der Waals surface area contributed by atoms with Gasteiger partial charge >= 0.3 is 5.97 Å². The van der Waals surface area contributed by atoms with E-state index in [4.69, 9.17) is 0 Å². The van der Waals surface area contributed by atoms with Crippen molar-refractivity contribution in [3.05, 3.63) is 47.8 Å². The maximum atomic E-state index is 11.3. The predicted molar refractivity (Wildman–Crippen MR) is 67.5 cm³/mol. The molecule has 88 valence electrons. The van der Waals surface area contributed by atoms with E-state index in [9.17, 15) is 4.79 Å². The Morgan fingerprint density at radius 3 is 2.59 bits per heavy atom. The normalized spacial score (nSPS) is 10.2. The first kappa shape index (κ1) is 11.9. The summed E-state index contributed by atoms with van der Waals surface area (Å²) in [7, 11) is 1.37. The maximum Gasteiger partial charge on any atom is 0.337 e. The lowest BCUT2D eigenvalue weighted by Gasteiger charge is -2.03. The van der Waals surface area contributed by atoms with Gasteiger partial charge in [0.25, 0.3) is 0 Å². The van der Waals surface area contributed by atoms with E-state index in [1.165, 1.54) is 7.11 Å². The first-order valence-corrected chi connectivity index (χ1v) is 6.16. The first-order valence-electron chi connectivity index (χ1n) is 5.04. The van der Waals surface area contributed by atoms with Crippen LogP contribution in [0.4, 0.5) is 0 Å². The third-order valence-electron chi connectivity index (χ3n) is 2.33. The summed E-state index contributed by atoms with van der Waals surface area (Å²) in [4.78, 5) is 11.3. The molecule has 4 nitrogen and oxygen atoms in total. The van der Waals surface area contributed by atoms with Gasteiger partial charge < -0.3 is 4.74 Å². The molecule has 2 aromatic rings. The smallest absolute Gasteiger partial charge is 0.337 e. The van der Waals surface area contributed by atoms with Crippen LogP contribution in [0.3, 0.4) is 0 Å². The molecule has 0 N–H and O–H groups in total. The number of alkyl halides is 1. The molecule has 0 aliphatic heterocycles. The Hall–Kier alpha value is -1.62. The first-order chi connectivity index (χ1) is 8.24. The fourth-order valence-corrected chi connectivity index (χ4v) is 1.74. The standard InChI is InChI=1S/C12H11BrN2O2/c1-17-12(16)9-2-4-11(5-3-9)15-7-6-10(8-13)14-15/h2-7H,8H2,1H3. The minimum atomic E-state index is -0.335. The molecule has 2 rings (SSSR count). The van der Waals surface area contributed by atoms with E-state index in [1.807, 2.05) is 24.4 Å². The number of carbonyl (C=O) groups excluding carboxylic acids is 1. The van der Waals surface area contributed by atoms with E-state index >= 15 is 0 Å². The van der Waals surface area contributed by atoms with Crippen molar-refractivity contribution in [1.82, 2.24) is 9.78 Å². The van der Waals surface area contributed by atoms with Gasteiger partial charge in [0, 0.05) is 11.5 Å². The van der Waals surface area contributed by atoms with Crippen LogP contribution >= 0.6 is 15.9 Å². The molecule has 0 bridgehead atoms. The molecule has 0 spiro atoms. The third kappa shape index (κ3) is 2.55. The second-order valence-electron chi connectivity index (χ2n) is 3.42. The van der Waals surface area contributed by atoms with Gasteiger partial charge in [-0.2, -0.15) is 5.10 Å². The number of benzene rings is 1. The highest BCUT2D eigenvalue weighted by Gasteiger charge is 2.05. The molecule has 0 saturated heterocycles. The highest BCUT2D eigenvalue weighted by molar-refractivity contribution is 9.08. The third-order valence-corrected chi connectivity index (χ3v) is 2.91. The van der Waals surface area contributed by atoms with Crippen molar-refractivity contribution in [3.8, 4) is 5.69 Å². The molecule has 17 heavy (non-hydrogen) atoms. The van der Waals surface area contributed by atoms with Crippen molar-refractivity contribution in [2.24, 2.45) is 0 Å². The van der Waals surface area contributed by atoms with Crippen molar-refractivity contribution in [3.63, 3.8) is 0 Å². The number of methoxy groups -OCH3 is 1. The van der Waals surface area contributed by atoms with E-state index < -0.39 is 0 Å². The molecule has 1 heterocycles. The summed E-state index contributed by atoms with van der Waals surface area (Å²) in [6.45, 7) is 0. The molecule has 0 aliphatic rings. The van der Waals surface area contributed by atoms with Crippen LogP contribution in [-0.2, 0) is 10.1 Å². The summed E-state index contributed by atoms with van der Waals surface area (Å²) in [6.07, 6.45) is 1.88. The van der Waals surface area contributed by atoms with Crippen LogP contribution in [0, 0.1) is 0 Å². The second-order valence-corrected chi connectivity index (χ2v) is 3.98. The average molecular weight is 295 g/mol. The van der Waals surface area contributed by atoms with Crippen LogP contribution < -0.4 is 0 Å². The molecule has 1 aromatic carbocycles. The van der Waals surface area contributed by atoms with E-state index in [1.54, 1.807) is 16.8 Å². The van der Waals surface area contributed by atoms with Crippen molar-refractivity contribution in [2.75, 3.05) is 7.11 Å². The van der Waals surface area contributed by atoms with E-state index in [0.717, 1.165) is 16.7 Å². The number of hydrogen-bond donors (Lipinski definition) is 0. The summed E-state index contributed by atoms with van der Waals surface area (Å²) >= 11 is 3.35. The highest BCUT2D eigenvalue weighted by atomic mass is 79.9. The fourth-order valence-electron chi connectivity index (χ4n) is 1.44. The number of esters is 1. The minimum absolute atomic E-state index is 0.335. The van der Waals surface area contributed by atoms with E-state index in [2.05, 4.69) is 25.8 Å². The largest absolute Gasteiger partial charge is 0.465 e. The van der Waals surface area contributed by atoms with Gasteiger partial charge in [0.2, 0.25) is 0 Å². The van der Waals surface area contributed by atoms with Crippen LogP contribution in [-0.4, -0.2) is 22.9 Å². The number of rotatable bonds is 3. The summed E-state index contributed by atoms with van der Waals surface area (Å²) < 4.78 is 6.40. The molecular formula is C12H11BrN2O2. The molecule has 0 aliphatic carbocycles. The number of nitrogens with zero attached hydrogens (tertiary/aromatic N) is 2. The van der Waals surface area contributed by atoms with E-state index in [-0.39, 0.29) is 5.97 Å². The van der Waals surface area contributed by atoms with Gasteiger partial charge in [-0.3, -0.25) is 0 Å². The van der Waals surface area contributed by atoms with Gasteiger partial charge in [0.05, 0.1) is 24.1 Å². The van der Waals surface area contributed by atoms with Gasteiger partial charge in [0.15, 0.2) is 0 Å². The zero-order valence-corrected chi connectivity index (χ0v) is 10.8. The Labute approximate surface area is 107 Å². The molecule has 0 fully saturated rings. The lowest BCUT2D eigenvalue weighted by molar-refractivity contribution is 0.0601. The number of halogens is 1. The molecule has 0 saturated carbocycles. The number of carbonyl (C=O) groups is 1. The minimum Gasteiger partial charge on any atom is -0.465 e. The molecule has 0 amide bonds. The Balaban J connectivity index is 2.25. The quantitative estimate of drug-likeness (QED) is 0.645. The number of aromatic nitrogens is 2. The van der Waals surface area contributed by atoms with Crippen molar-refractivity contribution < 1.29 is 9.53 Å². The average Bonchev–Trinajstić information content (AvgIpc) is 2.87. The van der Waals surface area contributed by atoms with Gasteiger partial charge in [-0.15, -0.1) is 0 Å². The number of hydrogen-bond acceptors (Lipinski definition) is 3. The molecular weight excluding hydrogens is 284 g/mol. The Kier molecular flexibility index (Phi) is 3.58. The summed E-state index contributed by atoms with van der Waals surface area (Å²) in [5, 5.41) is 5.07. The van der Waals surface area contributed by atoms with Crippen molar-refractivity contribution in [2.45, 2.75) is 5.33 Å². The van der Waals surface area contributed by atoms with Crippen molar-refractivity contribution >= 4 is 21.9 Å². The summed E-state index contributed by atoms with van der Waals surface area (Å²) in [5.74, 6) is -0.335. The Morgan fingerprint density at radius 1 is 1.35 bits per heavy atom. The molecule has 1 aromatic heterocycles. The van der Waals surface area contributed by atoms with Crippen LogP contribution in [0.1, 0.15) is 16.1 Å². The summed E-state index contributed by atoms with van der Waals surface area (Å²) in [5.41, 5.74) is 2.40. The Morgan fingerprint density at radius 2 is 2.06 bits per heavy atom. The van der Waals surface area contributed by atoms with Gasteiger partial charge in [-0.05, 0) is 30.3 Å². The fraction of sp³-hybridized carbons (Fsp3) is 0.167. The van der Waals surface area contributed by atoms with Gasteiger partial charge in [-0.25, -0.2) is 9.48 Å². The highest BCUT2D eigenvalue weighted by Crippen LogP contribution is 2.11.